The van der Waals surface area contributed by atoms with Gasteiger partial charge in [-0.05, 0) is 42.1 Å². The third-order valence-electron chi connectivity index (χ3n) is 4.54. The molecule has 1 heterocycles. The lowest BCUT2D eigenvalue weighted by molar-refractivity contribution is 0.192. The summed E-state index contributed by atoms with van der Waals surface area (Å²) in [5, 5.41) is 0.410. The van der Waals surface area contributed by atoms with Crippen molar-refractivity contribution in [2.24, 2.45) is 0 Å². The number of pyridine rings is 1. The summed E-state index contributed by atoms with van der Waals surface area (Å²) in [5.41, 5.74) is -0.226. The first-order valence-electron chi connectivity index (χ1n) is 8.72. The zero-order valence-corrected chi connectivity index (χ0v) is 16.5. The van der Waals surface area contributed by atoms with Crippen LogP contribution in [-0.4, -0.2) is 44.7 Å². The molecule has 0 saturated heterocycles. The maximum absolute atomic E-state index is 14.2. The highest BCUT2D eigenvalue weighted by atomic mass is 35.5. The predicted octanol–water partition coefficient (Wildman–Crippen LogP) is 3.17. The van der Waals surface area contributed by atoms with E-state index in [0.29, 0.717) is 10.7 Å². The number of hydrogen-bond donors (Lipinski definition) is 2. The summed E-state index contributed by atoms with van der Waals surface area (Å²) in [6, 6.07) is 6.72. The number of amides is 2. The molecule has 0 aliphatic rings. The number of rotatable bonds is 4. The van der Waals surface area contributed by atoms with Gasteiger partial charge in [-0.2, -0.15) is 0 Å². The van der Waals surface area contributed by atoms with Crippen LogP contribution in [0.4, 0.5) is 19.3 Å². The highest BCUT2D eigenvalue weighted by Crippen LogP contribution is 2.31. The first-order chi connectivity index (χ1) is 14.0. The molecule has 1 atom stereocenters. The fourth-order valence-corrected chi connectivity index (χ4v) is 3.42. The molecule has 0 aliphatic heterocycles. The van der Waals surface area contributed by atoms with Crippen molar-refractivity contribution < 1.29 is 13.6 Å². The average Bonchev–Trinajstić information content (AvgIpc) is 2.63. The Morgan fingerprint density at radius 2 is 1.93 bits per heavy atom. The summed E-state index contributed by atoms with van der Waals surface area (Å²) in [5.74, 6) is -2.49. The summed E-state index contributed by atoms with van der Waals surface area (Å²) < 4.78 is 27.9. The Balaban J connectivity index is 2.08. The number of nitrogens with zero attached hydrogens (tertiary/aromatic N) is 1. The van der Waals surface area contributed by atoms with Gasteiger partial charge in [0.25, 0.3) is 5.56 Å². The van der Waals surface area contributed by atoms with Crippen molar-refractivity contribution in [3.05, 3.63) is 75.2 Å². The van der Waals surface area contributed by atoms with Gasteiger partial charge in [0.05, 0.1) is 35.0 Å². The summed E-state index contributed by atoms with van der Waals surface area (Å²) >= 11 is 5.93. The standard InChI is InChI=1S/C19H13B3ClF2N3O2/c1-9(13-8-26-17(29)15-12(13)5-6-14(24)16(15)25)28(19(20,21)22)18(30)27-11-4-2-3-10(23)7-11/h2-9H,1H3,(H,26,29)(H,27,30). The minimum absolute atomic E-state index is 0.0787. The normalized spacial score (nSPS) is 12.5. The van der Waals surface area contributed by atoms with Crippen LogP contribution in [0, 0.1) is 11.6 Å². The van der Waals surface area contributed by atoms with Crippen molar-refractivity contribution in [1.82, 2.24) is 9.88 Å². The highest BCUT2D eigenvalue weighted by molar-refractivity contribution is 6.59. The second-order valence-corrected chi connectivity index (χ2v) is 7.17. The first kappa shape index (κ1) is 22.0. The quantitative estimate of drug-likeness (QED) is 0.636. The van der Waals surface area contributed by atoms with E-state index in [1.807, 2.05) is 0 Å². The van der Waals surface area contributed by atoms with E-state index in [4.69, 9.17) is 35.1 Å². The highest BCUT2D eigenvalue weighted by Gasteiger charge is 2.32. The molecule has 6 radical (unpaired) electrons. The van der Waals surface area contributed by atoms with E-state index in [2.05, 4.69) is 10.3 Å². The number of aromatic nitrogens is 1. The summed E-state index contributed by atoms with van der Waals surface area (Å²) in [4.78, 5) is 28.2. The molecule has 0 spiro atoms. The summed E-state index contributed by atoms with van der Waals surface area (Å²) in [6.07, 6.45) is 1.26. The van der Waals surface area contributed by atoms with E-state index in [1.165, 1.54) is 25.3 Å². The van der Waals surface area contributed by atoms with Gasteiger partial charge in [-0.1, -0.05) is 29.0 Å². The van der Waals surface area contributed by atoms with Crippen LogP contribution in [-0.2, 0) is 0 Å². The van der Waals surface area contributed by atoms with Crippen LogP contribution in [0.3, 0.4) is 0 Å². The third-order valence-corrected chi connectivity index (χ3v) is 4.78. The summed E-state index contributed by atoms with van der Waals surface area (Å²) in [7, 11) is 17.5. The molecule has 2 aromatic carbocycles. The van der Waals surface area contributed by atoms with E-state index in [0.717, 1.165) is 11.0 Å². The molecule has 3 aromatic rings. The van der Waals surface area contributed by atoms with E-state index >= 15 is 0 Å². The number of fused-ring (bicyclic) bond motifs is 1. The molecular formula is C19H13B3ClF2N3O2. The molecule has 146 valence electrons. The molecule has 1 aromatic heterocycles. The third kappa shape index (κ3) is 4.24. The lowest BCUT2D eigenvalue weighted by atomic mass is 9.48. The first-order valence-corrected chi connectivity index (χ1v) is 9.10. The number of urea groups is 1. The fraction of sp³-hybridized carbons (Fsp3) is 0.158. The van der Waals surface area contributed by atoms with Gasteiger partial charge in [0.15, 0.2) is 11.6 Å². The van der Waals surface area contributed by atoms with Crippen molar-refractivity contribution >= 4 is 57.6 Å². The van der Waals surface area contributed by atoms with Crippen LogP contribution in [0.25, 0.3) is 10.8 Å². The Kier molecular flexibility index (Phi) is 5.99. The SMILES string of the molecule is [B]C([B])([B])N(C(=O)Nc1cccc(Cl)c1)C(C)c1c[nH]c(=O)c2c(F)c(F)ccc12. The number of carbonyl (C=O) groups is 1. The predicted molar refractivity (Wildman–Crippen MR) is 115 cm³/mol. The number of nitrogens with one attached hydrogen (secondary N) is 2. The molecule has 0 bridgehead atoms. The van der Waals surface area contributed by atoms with Gasteiger partial charge in [-0.25, -0.2) is 13.6 Å². The Morgan fingerprint density at radius 1 is 1.23 bits per heavy atom. The molecule has 3 rings (SSSR count). The maximum Gasteiger partial charge on any atom is 0.320 e. The monoisotopic (exact) mass is 421 g/mol. The van der Waals surface area contributed by atoms with Crippen LogP contribution in [0.2, 0.25) is 5.02 Å². The minimum Gasteiger partial charge on any atom is -0.337 e. The van der Waals surface area contributed by atoms with E-state index in [-0.39, 0.29) is 10.9 Å². The maximum atomic E-state index is 14.2. The zero-order valence-electron chi connectivity index (χ0n) is 15.7. The number of halogens is 3. The Labute approximate surface area is 180 Å². The number of carbonyl (C=O) groups excluding carboxylic acids is 1. The molecule has 30 heavy (non-hydrogen) atoms. The lowest BCUT2D eigenvalue weighted by Gasteiger charge is -2.42. The topological polar surface area (TPSA) is 65.2 Å². The average molecular weight is 421 g/mol. The number of benzene rings is 2. The van der Waals surface area contributed by atoms with Gasteiger partial charge in [-0.15, -0.1) is 0 Å². The molecule has 5 nitrogen and oxygen atoms in total. The number of H-pyrrole nitrogens is 1. The van der Waals surface area contributed by atoms with Crippen molar-refractivity contribution in [2.45, 2.75) is 18.2 Å². The van der Waals surface area contributed by atoms with Gasteiger partial charge in [0, 0.05) is 16.9 Å². The molecule has 1 unspecified atom stereocenters. The molecule has 11 heteroatoms. The van der Waals surface area contributed by atoms with E-state index in [1.54, 1.807) is 18.2 Å². The number of hydrogen-bond acceptors (Lipinski definition) is 2. The van der Waals surface area contributed by atoms with Gasteiger partial charge in [-0.3, -0.25) is 4.79 Å². The van der Waals surface area contributed by atoms with Crippen molar-refractivity contribution in [2.75, 3.05) is 5.32 Å². The van der Waals surface area contributed by atoms with Crippen LogP contribution in [0.15, 0.2) is 47.4 Å². The minimum atomic E-state index is -2.14. The van der Waals surface area contributed by atoms with Crippen LogP contribution < -0.4 is 10.9 Å². The van der Waals surface area contributed by atoms with Gasteiger partial charge >= 0.3 is 6.03 Å². The van der Waals surface area contributed by atoms with Gasteiger partial charge < -0.3 is 15.2 Å². The largest absolute Gasteiger partial charge is 0.337 e. The number of aromatic amines is 1. The Bertz CT molecular complexity index is 1180. The van der Waals surface area contributed by atoms with Crippen molar-refractivity contribution in [1.29, 1.82) is 0 Å². The smallest absolute Gasteiger partial charge is 0.320 e. The molecule has 2 amide bonds. The summed E-state index contributed by atoms with van der Waals surface area (Å²) in [6.45, 7) is 1.52. The Morgan fingerprint density at radius 3 is 2.57 bits per heavy atom. The molecule has 2 N–H and O–H groups in total. The van der Waals surface area contributed by atoms with Crippen LogP contribution in [0.5, 0.6) is 0 Å². The number of anilines is 1. The van der Waals surface area contributed by atoms with Crippen LogP contribution >= 0.6 is 11.6 Å². The van der Waals surface area contributed by atoms with Gasteiger partial charge in [0.2, 0.25) is 0 Å². The Hall–Kier alpha value is -2.74. The molecule has 0 saturated carbocycles. The van der Waals surface area contributed by atoms with Crippen molar-refractivity contribution in [3.63, 3.8) is 0 Å². The zero-order chi connectivity index (χ0) is 22.2. The molecule has 0 fully saturated rings. The molecule has 0 aliphatic carbocycles. The van der Waals surface area contributed by atoms with Crippen LogP contribution in [0.1, 0.15) is 18.5 Å². The van der Waals surface area contributed by atoms with E-state index < -0.39 is 39.9 Å². The molecular weight excluding hydrogens is 408 g/mol. The van der Waals surface area contributed by atoms with E-state index in [9.17, 15) is 18.4 Å². The second kappa shape index (κ2) is 8.18. The second-order valence-electron chi connectivity index (χ2n) is 6.73. The van der Waals surface area contributed by atoms with Gasteiger partial charge in [0.1, 0.15) is 0 Å². The van der Waals surface area contributed by atoms with Crippen molar-refractivity contribution in [3.8, 4) is 0 Å². The fourth-order valence-electron chi connectivity index (χ4n) is 3.23. The lowest BCUT2D eigenvalue weighted by Crippen LogP contribution is -2.56.